The maximum atomic E-state index is 12.5. The second-order valence-corrected chi connectivity index (χ2v) is 8.19. The van der Waals surface area contributed by atoms with Crippen LogP contribution in [0.2, 0.25) is 0 Å². The van der Waals surface area contributed by atoms with Crippen molar-refractivity contribution in [1.82, 2.24) is 4.98 Å². The summed E-state index contributed by atoms with van der Waals surface area (Å²) in [5.74, 6) is 1.43. The normalized spacial score (nSPS) is 16.5. The average molecular weight is 404 g/mol. The van der Waals surface area contributed by atoms with Gasteiger partial charge in [-0.3, -0.25) is 4.79 Å². The SMILES string of the molecule is Cc1ccc(NC(=O)COc2cccc3ccc(N4CCCCC4C)nc23)c(C)c1. The number of anilines is 2. The number of pyridine rings is 1. The van der Waals surface area contributed by atoms with Crippen molar-refractivity contribution in [3.8, 4) is 5.75 Å². The van der Waals surface area contributed by atoms with Crippen LogP contribution < -0.4 is 15.0 Å². The summed E-state index contributed by atoms with van der Waals surface area (Å²) in [5.41, 5.74) is 3.82. The molecule has 3 aromatic rings. The maximum absolute atomic E-state index is 12.5. The highest BCUT2D eigenvalue weighted by Gasteiger charge is 2.20. The van der Waals surface area contributed by atoms with Crippen LogP contribution in [-0.4, -0.2) is 30.1 Å². The van der Waals surface area contributed by atoms with Gasteiger partial charge in [-0.1, -0.05) is 29.8 Å². The minimum Gasteiger partial charge on any atom is -0.481 e. The summed E-state index contributed by atoms with van der Waals surface area (Å²) >= 11 is 0. The van der Waals surface area contributed by atoms with Gasteiger partial charge in [0.1, 0.15) is 17.1 Å². The summed E-state index contributed by atoms with van der Waals surface area (Å²) in [4.78, 5) is 19.7. The zero-order valence-corrected chi connectivity index (χ0v) is 17.9. The molecule has 1 aliphatic rings. The van der Waals surface area contributed by atoms with Crippen LogP contribution in [0.1, 0.15) is 37.3 Å². The first-order valence-electron chi connectivity index (χ1n) is 10.7. The Morgan fingerprint density at radius 2 is 2.03 bits per heavy atom. The minimum absolute atomic E-state index is 0.0571. The molecule has 1 aliphatic heterocycles. The van der Waals surface area contributed by atoms with E-state index in [0.29, 0.717) is 11.8 Å². The van der Waals surface area contributed by atoms with Gasteiger partial charge >= 0.3 is 0 Å². The van der Waals surface area contributed by atoms with E-state index in [0.717, 1.165) is 34.5 Å². The van der Waals surface area contributed by atoms with E-state index in [2.05, 4.69) is 29.3 Å². The molecule has 5 nitrogen and oxygen atoms in total. The molecule has 1 fully saturated rings. The van der Waals surface area contributed by atoms with Gasteiger partial charge in [0.05, 0.1) is 0 Å². The van der Waals surface area contributed by atoms with Gasteiger partial charge in [0.2, 0.25) is 0 Å². The molecule has 1 aromatic heterocycles. The Kier molecular flexibility index (Phi) is 5.88. The summed E-state index contributed by atoms with van der Waals surface area (Å²) in [7, 11) is 0. The number of nitrogens with one attached hydrogen (secondary N) is 1. The number of aromatic nitrogens is 1. The van der Waals surface area contributed by atoms with Crippen LogP contribution in [0.4, 0.5) is 11.5 Å². The van der Waals surface area contributed by atoms with Gasteiger partial charge in [-0.05, 0) is 69.9 Å². The first-order chi connectivity index (χ1) is 14.5. The molecule has 156 valence electrons. The van der Waals surface area contributed by atoms with Crippen molar-refractivity contribution in [2.24, 2.45) is 0 Å². The predicted molar refractivity (Wildman–Crippen MR) is 122 cm³/mol. The van der Waals surface area contributed by atoms with Gasteiger partial charge in [-0.15, -0.1) is 0 Å². The molecule has 2 heterocycles. The zero-order chi connectivity index (χ0) is 21.1. The number of hydrogen-bond donors (Lipinski definition) is 1. The lowest BCUT2D eigenvalue weighted by Crippen LogP contribution is -2.37. The number of amides is 1. The summed E-state index contributed by atoms with van der Waals surface area (Å²) in [6, 6.07) is 16.5. The van der Waals surface area contributed by atoms with E-state index < -0.39 is 0 Å². The third-order valence-electron chi connectivity index (χ3n) is 5.78. The van der Waals surface area contributed by atoms with Crippen molar-refractivity contribution in [2.75, 3.05) is 23.4 Å². The van der Waals surface area contributed by atoms with Crippen molar-refractivity contribution < 1.29 is 9.53 Å². The van der Waals surface area contributed by atoms with Gasteiger partial charge in [-0.25, -0.2) is 4.98 Å². The second-order valence-electron chi connectivity index (χ2n) is 8.19. The van der Waals surface area contributed by atoms with Crippen LogP contribution in [-0.2, 0) is 4.79 Å². The van der Waals surface area contributed by atoms with Crippen LogP contribution in [0.25, 0.3) is 10.9 Å². The van der Waals surface area contributed by atoms with Gasteiger partial charge in [0.15, 0.2) is 6.61 Å². The fourth-order valence-electron chi connectivity index (χ4n) is 4.11. The molecule has 1 amide bonds. The van der Waals surface area contributed by atoms with E-state index in [9.17, 15) is 4.79 Å². The number of piperidine rings is 1. The number of rotatable bonds is 5. The lowest BCUT2D eigenvalue weighted by atomic mass is 10.0. The molecule has 0 saturated carbocycles. The Hall–Kier alpha value is -3.08. The van der Waals surface area contributed by atoms with Crippen LogP contribution in [0, 0.1) is 13.8 Å². The number of fused-ring (bicyclic) bond motifs is 1. The van der Waals surface area contributed by atoms with Crippen LogP contribution >= 0.6 is 0 Å². The summed E-state index contributed by atoms with van der Waals surface area (Å²) in [6.07, 6.45) is 3.66. The van der Waals surface area contributed by atoms with Crippen LogP contribution in [0.3, 0.4) is 0 Å². The van der Waals surface area contributed by atoms with Crippen molar-refractivity contribution in [3.63, 3.8) is 0 Å². The lowest BCUT2D eigenvalue weighted by molar-refractivity contribution is -0.118. The van der Waals surface area contributed by atoms with Gasteiger partial charge in [0, 0.05) is 23.7 Å². The van der Waals surface area contributed by atoms with E-state index >= 15 is 0 Å². The summed E-state index contributed by atoms with van der Waals surface area (Å²) < 4.78 is 5.89. The van der Waals surface area contributed by atoms with Crippen molar-refractivity contribution in [3.05, 3.63) is 59.7 Å². The molecule has 1 unspecified atom stereocenters. The highest BCUT2D eigenvalue weighted by atomic mass is 16.5. The molecule has 0 aliphatic carbocycles. The Morgan fingerprint density at radius 1 is 1.17 bits per heavy atom. The summed E-state index contributed by atoms with van der Waals surface area (Å²) in [5, 5.41) is 3.94. The number of aryl methyl sites for hydroxylation is 2. The number of carbonyl (C=O) groups excluding carboxylic acids is 1. The average Bonchev–Trinajstić information content (AvgIpc) is 2.74. The minimum atomic E-state index is -0.181. The van der Waals surface area contributed by atoms with Crippen LogP contribution in [0.5, 0.6) is 5.75 Å². The predicted octanol–water partition coefficient (Wildman–Crippen LogP) is 5.25. The van der Waals surface area contributed by atoms with E-state index in [4.69, 9.17) is 9.72 Å². The highest BCUT2D eigenvalue weighted by molar-refractivity contribution is 5.93. The third-order valence-corrected chi connectivity index (χ3v) is 5.78. The van der Waals surface area contributed by atoms with E-state index in [-0.39, 0.29) is 12.5 Å². The first kappa shape index (κ1) is 20.2. The van der Waals surface area contributed by atoms with Crippen molar-refractivity contribution in [2.45, 2.75) is 46.1 Å². The molecule has 1 saturated heterocycles. The summed E-state index contributed by atoms with van der Waals surface area (Å²) in [6.45, 7) is 7.25. The number of benzene rings is 2. The monoisotopic (exact) mass is 403 g/mol. The molecule has 30 heavy (non-hydrogen) atoms. The molecular weight excluding hydrogens is 374 g/mol. The van der Waals surface area contributed by atoms with E-state index in [1.807, 2.05) is 50.2 Å². The Bertz CT molecular complexity index is 1060. The number of nitrogens with zero attached hydrogens (tertiary/aromatic N) is 2. The third kappa shape index (κ3) is 4.40. The maximum Gasteiger partial charge on any atom is 0.262 e. The Morgan fingerprint density at radius 3 is 2.83 bits per heavy atom. The topological polar surface area (TPSA) is 54.5 Å². The smallest absolute Gasteiger partial charge is 0.262 e. The van der Waals surface area contributed by atoms with E-state index in [1.54, 1.807) is 0 Å². The molecule has 4 rings (SSSR count). The number of carbonyl (C=O) groups is 1. The zero-order valence-electron chi connectivity index (χ0n) is 17.9. The van der Waals surface area contributed by atoms with E-state index in [1.165, 1.54) is 24.8 Å². The highest BCUT2D eigenvalue weighted by Crippen LogP contribution is 2.29. The molecule has 0 bridgehead atoms. The van der Waals surface area contributed by atoms with Gasteiger partial charge in [-0.2, -0.15) is 0 Å². The standard InChI is InChI=1S/C25H29N3O2/c1-17-10-12-21(18(2)15-17)26-24(29)16-30-22-9-6-8-20-11-13-23(27-25(20)22)28-14-5-4-7-19(28)3/h6,8-13,15,19H,4-5,7,14,16H2,1-3H3,(H,26,29). The number of hydrogen-bond acceptors (Lipinski definition) is 4. The molecule has 0 spiro atoms. The lowest BCUT2D eigenvalue weighted by Gasteiger charge is -2.34. The number of para-hydroxylation sites is 1. The quantitative estimate of drug-likeness (QED) is 0.632. The second kappa shape index (κ2) is 8.74. The Balaban J connectivity index is 1.50. The molecule has 2 aromatic carbocycles. The number of ether oxygens (including phenoxy) is 1. The molecular formula is C25H29N3O2. The molecule has 0 radical (unpaired) electrons. The molecule has 1 N–H and O–H groups in total. The molecule has 1 atom stereocenters. The first-order valence-corrected chi connectivity index (χ1v) is 10.7. The fourth-order valence-corrected chi connectivity index (χ4v) is 4.11. The van der Waals surface area contributed by atoms with Crippen molar-refractivity contribution in [1.29, 1.82) is 0 Å². The van der Waals surface area contributed by atoms with Gasteiger partial charge < -0.3 is 15.0 Å². The van der Waals surface area contributed by atoms with Gasteiger partial charge in [0.25, 0.3) is 5.91 Å². The van der Waals surface area contributed by atoms with Crippen LogP contribution in [0.15, 0.2) is 48.5 Å². The molecule has 5 heteroatoms. The largest absolute Gasteiger partial charge is 0.481 e. The van der Waals surface area contributed by atoms with Crippen molar-refractivity contribution >= 4 is 28.3 Å². The fraction of sp³-hybridized carbons (Fsp3) is 0.360. The Labute approximate surface area is 178 Å².